The number of amidine groups is 1. The molecule has 1 unspecified atom stereocenters. The number of sulfonamides is 1. The van der Waals surface area contributed by atoms with Crippen LogP contribution in [-0.4, -0.2) is 38.0 Å². The molecule has 1 aliphatic heterocycles. The van der Waals surface area contributed by atoms with Crippen LogP contribution in [0, 0.1) is 0 Å². The fourth-order valence-corrected chi connectivity index (χ4v) is 4.73. The largest absolute Gasteiger partial charge is 0.383 e. The minimum Gasteiger partial charge on any atom is -0.383 e. The average Bonchev–Trinajstić information content (AvgIpc) is 3.12. The van der Waals surface area contributed by atoms with Crippen LogP contribution in [0.2, 0.25) is 0 Å². The molecular weight excluding hydrogens is 380 g/mol. The lowest BCUT2D eigenvalue weighted by Crippen LogP contribution is -2.31. The van der Waals surface area contributed by atoms with Gasteiger partial charge in [-0.3, -0.25) is 0 Å². The predicted octanol–water partition coefficient (Wildman–Crippen LogP) is 0.337. The van der Waals surface area contributed by atoms with Crippen molar-refractivity contribution < 1.29 is 8.42 Å². The summed E-state index contributed by atoms with van der Waals surface area (Å²) in [5.41, 5.74) is 19.9. The Morgan fingerprint density at radius 3 is 2.61 bits per heavy atom. The second-order valence-corrected chi connectivity index (χ2v) is 8.28. The van der Waals surface area contributed by atoms with Crippen LogP contribution in [0.5, 0.6) is 0 Å². The normalized spacial score (nSPS) is 21.0. The van der Waals surface area contributed by atoms with Crippen molar-refractivity contribution >= 4 is 21.7 Å². The van der Waals surface area contributed by atoms with E-state index in [2.05, 4.69) is 24.9 Å². The number of anilines is 1. The standard InChI is InChI=1S/C17H20N8O2S/c18-7-11-14(28(26,27)25-13-6-12(13)19)4-3-9(10-2-1-5-21-16(10)20)15(11)17-22-8-23-24-17/h1-5,12-13,25H,6-8,18-19H2,(H2,20,21)/t12-,13?/m0/s1. The molecule has 1 aliphatic carbocycles. The number of aliphatic imine (C=N–C) groups is 1. The second kappa shape index (κ2) is 7.02. The Morgan fingerprint density at radius 2 is 2.00 bits per heavy atom. The molecule has 2 aromatic rings. The van der Waals surface area contributed by atoms with Gasteiger partial charge in [0, 0.05) is 36.0 Å². The molecule has 0 radical (unpaired) electrons. The maximum Gasteiger partial charge on any atom is 0.241 e. The highest BCUT2D eigenvalue weighted by molar-refractivity contribution is 7.89. The molecule has 0 spiro atoms. The first-order chi connectivity index (χ1) is 13.4. The van der Waals surface area contributed by atoms with Gasteiger partial charge in [0.05, 0.1) is 4.90 Å². The summed E-state index contributed by atoms with van der Waals surface area (Å²) in [6.07, 6.45) is 2.19. The van der Waals surface area contributed by atoms with Crippen molar-refractivity contribution in [2.24, 2.45) is 26.7 Å². The minimum absolute atomic E-state index is 0.0369. The Labute approximate surface area is 162 Å². The summed E-state index contributed by atoms with van der Waals surface area (Å²) >= 11 is 0. The number of nitrogens with one attached hydrogen (secondary N) is 1. The number of pyridine rings is 1. The molecule has 0 saturated heterocycles. The Morgan fingerprint density at radius 1 is 1.21 bits per heavy atom. The van der Waals surface area contributed by atoms with Gasteiger partial charge in [0.15, 0.2) is 12.5 Å². The van der Waals surface area contributed by atoms with Gasteiger partial charge < -0.3 is 17.2 Å². The fourth-order valence-electron chi connectivity index (χ4n) is 3.18. The molecule has 7 N–H and O–H groups in total. The number of hydrogen-bond donors (Lipinski definition) is 4. The van der Waals surface area contributed by atoms with Gasteiger partial charge in [0.1, 0.15) is 5.82 Å². The number of hydrogen-bond acceptors (Lipinski definition) is 9. The van der Waals surface area contributed by atoms with E-state index < -0.39 is 10.0 Å². The van der Waals surface area contributed by atoms with Crippen LogP contribution in [0.3, 0.4) is 0 Å². The summed E-state index contributed by atoms with van der Waals surface area (Å²) in [6, 6.07) is 6.28. The molecule has 2 aliphatic rings. The molecule has 0 amide bonds. The van der Waals surface area contributed by atoms with Crippen molar-refractivity contribution in [2.45, 2.75) is 29.9 Å². The summed E-state index contributed by atoms with van der Waals surface area (Å²) in [5, 5.41) is 7.95. The topological polar surface area (TPSA) is 174 Å². The molecule has 4 rings (SSSR count). The molecule has 1 saturated carbocycles. The zero-order valence-corrected chi connectivity index (χ0v) is 15.7. The molecule has 2 atom stereocenters. The van der Waals surface area contributed by atoms with Gasteiger partial charge in [-0.1, -0.05) is 6.07 Å². The van der Waals surface area contributed by atoms with Crippen molar-refractivity contribution in [3.05, 3.63) is 41.6 Å². The molecule has 1 fully saturated rings. The number of benzene rings is 1. The highest BCUT2D eigenvalue weighted by Gasteiger charge is 2.38. The van der Waals surface area contributed by atoms with Crippen LogP contribution >= 0.6 is 0 Å². The van der Waals surface area contributed by atoms with E-state index in [0.29, 0.717) is 40.3 Å². The number of azo groups is 1. The van der Waals surface area contributed by atoms with Crippen molar-refractivity contribution in [3.63, 3.8) is 0 Å². The molecule has 146 valence electrons. The Bertz CT molecular complexity index is 1100. The van der Waals surface area contributed by atoms with Crippen molar-refractivity contribution in [3.8, 4) is 11.1 Å². The Hall–Kier alpha value is -2.73. The van der Waals surface area contributed by atoms with Crippen molar-refractivity contribution in [1.29, 1.82) is 0 Å². The zero-order chi connectivity index (χ0) is 19.9. The molecule has 28 heavy (non-hydrogen) atoms. The predicted molar refractivity (Wildman–Crippen MR) is 105 cm³/mol. The van der Waals surface area contributed by atoms with Crippen LogP contribution in [-0.2, 0) is 16.6 Å². The summed E-state index contributed by atoms with van der Waals surface area (Å²) in [6.45, 7) is 0.137. The van der Waals surface area contributed by atoms with Gasteiger partial charge in [-0.2, -0.15) is 5.11 Å². The summed E-state index contributed by atoms with van der Waals surface area (Å²) in [5.74, 6) is 0.624. The van der Waals surface area contributed by atoms with Gasteiger partial charge in [0.2, 0.25) is 10.0 Å². The molecule has 1 aromatic carbocycles. The first-order valence-electron chi connectivity index (χ1n) is 8.69. The number of nitrogens with zero attached hydrogens (tertiary/aromatic N) is 4. The van der Waals surface area contributed by atoms with Crippen LogP contribution < -0.4 is 21.9 Å². The van der Waals surface area contributed by atoms with E-state index in [0.717, 1.165) is 0 Å². The molecule has 1 aromatic heterocycles. The van der Waals surface area contributed by atoms with E-state index >= 15 is 0 Å². The SMILES string of the molecule is NCc1c(S(=O)(=O)NC2C[C@@H]2N)ccc(-c2cccnc2N)c1C1=NCN=N1. The van der Waals surface area contributed by atoms with E-state index in [9.17, 15) is 8.42 Å². The summed E-state index contributed by atoms with van der Waals surface area (Å²) in [4.78, 5) is 8.45. The van der Waals surface area contributed by atoms with Gasteiger partial charge in [0.25, 0.3) is 0 Å². The van der Waals surface area contributed by atoms with Gasteiger partial charge >= 0.3 is 0 Å². The summed E-state index contributed by atoms with van der Waals surface area (Å²) in [7, 11) is -3.82. The van der Waals surface area contributed by atoms with Crippen molar-refractivity contribution in [1.82, 2.24) is 9.71 Å². The fraction of sp³-hybridized carbons (Fsp3) is 0.294. The number of nitrogen functional groups attached to an aromatic ring is 1. The van der Waals surface area contributed by atoms with E-state index in [4.69, 9.17) is 17.2 Å². The smallest absolute Gasteiger partial charge is 0.241 e. The highest BCUT2D eigenvalue weighted by Crippen LogP contribution is 2.35. The maximum atomic E-state index is 12.9. The Kier molecular flexibility index (Phi) is 4.67. The van der Waals surface area contributed by atoms with Gasteiger partial charge in [-0.15, -0.1) is 5.11 Å². The zero-order valence-electron chi connectivity index (χ0n) is 14.9. The average molecular weight is 400 g/mol. The monoisotopic (exact) mass is 400 g/mol. The quantitative estimate of drug-likeness (QED) is 0.543. The lowest BCUT2D eigenvalue weighted by molar-refractivity contribution is 0.578. The minimum atomic E-state index is -3.82. The van der Waals surface area contributed by atoms with Gasteiger partial charge in [-0.25, -0.2) is 23.1 Å². The van der Waals surface area contributed by atoms with E-state index in [1.807, 2.05) is 0 Å². The third-order valence-corrected chi connectivity index (χ3v) is 6.29. The highest BCUT2D eigenvalue weighted by atomic mass is 32.2. The maximum absolute atomic E-state index is 12.9. The van der Waals surface area contributed by atoms with Crippen LogP contribution in [0.25, 0.3) is 11.1 Å². The van der Waals surface area contributed by atoms with Crippen LogP contribution in [0.4, 0.5) is 5.82 Å². The Balaban J connectivity index is 1.93. The molecule has 2 heterocycles. The second-order valence-electron chi connectivity index (χ2n) is 6.60. The van der Waals surface area contributed by atoms with Crippen LogP contribution in [0.1, 0.15) is 17.5 Å². The summed E-state index contributed by atoms with van der Waals surface area (Å²) < 4.78 is 28.5. The van der Waals surface area contributed by atoms with Crippen molar-refractivity contribution in [2.75, 3.05) is 12.4 Å². The molecular formula is C17H20N8O2S. The molecule has 11 heteroatoms. The third-order valence-electron chi connectivity index (χ3n) is 4.71. The third kappa shape index (κ3) is 3.29. The van der Waals surface area contributed by atoms with E-state index in [-0.39, 0.29) is 30.2 Å². The van der Waals surface area contributed by atoms with Gasteiger partial charge in [-0.05, 0) is 35.7 Å². The van der Waals surface area contributed by atoms with E-state index in [1.165, 1.54) is 6.07 Å². The number of rotatable bonds is 6. The lowest BCUT2D eigenvalue weighted by atomic mass is 9.94. The lowest BCUT2D eigenvalue weighted by Gasteiger charge is -2.18. The molecule has 0 bridgehead atoms. The number of nitrogens with two attached hydrogens (primary N) is 3. The first-order valence-corrected chi connectivity index (χ1v) is 10.2. The van der Waals surface area contributed by atoms with Crippen LogP contribution in [0.15, 0.2) is 50.6 Å². The number of aromatic nitrogens is 1. The van der Waals surface area contributed by atoms with E-state index in [1.54, 1.807) is 24.4 Å². The first kappa shape index (κ1) is 18.6. The molecule has 10 nitrogen and oxygen atoms in total.